The van der Waals surface area contributed by atoms with Crippen LogP contribution in [-0.2, 0) is 0 Å². The van der Waals surface area contributed by atoms with E-state index in [4.69, 9.17) is 9.15 Å². The molecule has 1 aromatic carbocycles. The Hall–Kier alpha value is -2.40. The number of rotatable bonds is 3. The lowest BCUT2D eigenvalue weighted by atomic mass is 9.86. The van der Waals surface area contributed by atoms with E-state index in [-0.39, 0.29) is 6.10 Å². The Bertz CT molecular complexity index is 850. The first-order chi connectivity index (χ1) is 11.9. The van der Waals surface area contributed by atoms with Crippen molar-refractivity contribution >= 4 is 10.8 Å². The molecule has 0 amide bonds. The monoisotopic (exact) mass is 321 g/mol. The van der Waals surface area contributed by atoms with E-state index in [1.807, 2.05) is 36.4 Å². The second kappa shape index (κ2) is 5.60. The lowest BCUT2D eigenvalue weighted by Crippen LogP contribution is -2.52. The normalized spacial score (nSPS) is 25.9. The molecule has 6 rings (SSSR count). The highest BCUT2D eigenvalue weighted by atomic mass is 16.5. The zero-order valence-corrected chi connectivity index (χ0v) is 13.4. The Kier molecular flexibility index (Phi) is 3.26. The van der Waals surface area contributed by atoms with Gasteiger partial charge < -0.3 is 9.15 Å². The number of hydrogen-bond donors (Lipinski definition) is 0. The van der Waals surface area contributed by atoms with E-state index >= 15 is 0 Å². The minimum atomic E-state index is 0.247. The molecule has 0 spiro atoms. The highest BCUT2D eigenvalue weighted by Crippen LogP contribution is 2.31. The zero-order valence-electron chi connectivity index (χ0n) is 13.4. The SMILES string of the molecule is c1ccc2c(-c3ccc(OC4CN5CCC4CC5)nn3)occ2c1. The van der Waals surface area contributed by atoms with Gasteiger partial charge in [-0.25, -0.2) is 0 Å². The largest absolute Gasteiger partial charge is 0.472 e. The summed E-state index contributed by atoms with van der Waals surface area (Å²) in [4.78, 5) is 2.47. The number of fused-ring (bicyclic) bond motifs is 4. The smallest absolute Gasteiger partial charge is 0.233 e. The fourth-order valence-corrected chi connectivity index (χ4v) is 3.89. The molecule has 3 aromatic rings. The summed E-state index contributed by atoms with van der Waals surface area (Å²) < 4.78 is 11.8. The van der Waals surface area contributed by atoms with Crippen LogP contribution in [0, 0.1) is 5.92 Å². The maximum atomic E-state index is 6.10. The summed E-state index contributed by atoms with van der Waals surface area (Å²) in [7, 11) is 0. The number of hydrogen-bond acceptors (Lipinski definition) is 5. The third kappa shape index (κ3) is 2.36. The van der Waals surface area contributed by atoms with Crippen LogP contribution in [0.4, 0.5) is 0 Å². The number of furan rings is 1. The van der Waals surface area contributed by atoms with Crippen LogP contribution in [0.2, 0.25) is 0 Å². The summed E-state index contributed by atoms with van der Waals surface area (Å²) in [6.07, 6.45) is 4.46. The lowest BCUT2D eigenvalue weighted by molar-refractivity contribution is -0.0103. The van der Waals surface area contributed by atoms with Crippen molar-refractivity contribution < 1.29 is 9.15 Å². The fourth-order valence-electron chi connectivity index (χ4n) is 3.89. The van der Waals surface area contributed by atoms with Crippen molar-refractivity contribution in [2.75, 3.05) is 19.6 Å². The van der Waals surface area contributed by atoms with Gasteiger partial charge in [-0.1, -0.05) is 24.3 Å². The molecule has 3 saturated heterocycles. The third-order valence-corrected chi connectivity index (χ3v) is 5.25. The van der Waals surface area contributed by atoms with Crippen molar-refractivity contribution in [3.05, 3.63) is 42.7 Å². The van der Waals surface area contributed by atoms with Crippen LogP contribution < -0.4 is 4.74 Å². The van der Waals surface area contributed by atoms with Crippen LogP contribution >= 0.6 is 0 Å². The molecule has 3 aliphatic heterocycles. The van der Waals surface area contributed by atoms with Crippen molar-refractivity contribution in [3.63, 3.8) is 0 Å². The standard InChI is InChI=1S/C19H19N3O2/c1-2-4-15-14(3-1)12-23-19(15)16-5-6-18(21-20-16)24-17-11-22-9-7-13(17)8-10-22/h1-6,12-13,17H,7-11H2. The average molecular weight is 321 g/mol. The molecule has 5 nitrogen and oxygen atoms in total. The Labute approximate surface area is 140 Å². The first kappa shape index (κ1) is 14.0. The van der Waals surface area contributed by atoms with E-state index in [1.165, 1.54) is 25.9 Å². The second-order valence-corrected chi connectivity index (χ2v) is 6.70. The summed E-state index contributed by atoms with van der Waals surface area (Å²) in [5.41, 5.74) is 0.734. The van der Waals surface area contributed by atoms with Crippen LogP contribution in [0.5, 0.6) is 5.88 Å². The van der Waals surface area contributed by atoms with Gasteiger partial charge in [0.05, 0.1) is 6.26 Å². The molecule has 5 heteroatoms. The van der Waals surface area contributed by atoms with E-state index < -0.39 is 0 Å². The molecule has 3 aliphatic rings. The van der Waals surface area contributed by atoms with Gasteiger partial charge in [-0.05, 0) is 37.9 Å². The predicted octanol–water partition coefficient (Wildman–Crippen LogP) is 3.36. The first-order valence-electron chi connectivity index (χ1n) is 8.56. The van der Waals surface area contributed by atoms with Crippen LogP contribution in [-0.4, -0.2) is 40.8 Å². The minimum absolute atomic E-state index is 0.247. The van der Waals surface area contributed by atoms with Gasteiger partial charge in [-0.3, -0.25) is 4.90 Å². The molecule has 0 saturated carbocycles. The van der Waals surface area contributed by atoms with Gasteiger partial charge in [0.1, 0.15) is 11.8 Å². The molecule has 0 radical (unpaired) electrons. The molecule has 0 N–H and O–H groups in total. The van der Waals surface area contributed by atoms with Crippen molar-refractivity contribution in [3.8, 4) is 17.3 Å². The Balaban J connectivity index is 1.37. The maximum absolute atomic E-state index is 6.10. The molecule has 122 valence electrons. The van der Waals surface area contributed by atoms with Gasteiger partial charge in [0.25, 0.3) is 0 Å². The molecule has 2 bridgehead atoms. The molecule has 3 fully saturated rings. The number of nitrogens with zero attached hydrogens (tertiary/aromatic N) is 3. The summed E-state index contributed by atoms with van der Waals surface area (Å²) in [5.74, 6) is 2.02. The molecule has 24 heavy (non-hydrogen) atoms. The molecule has 1 atom stereocenters. The highest BCUT2D eigenvalue weighted by molar-refractivity contribution is 5.93. The molecule has 1 unspecified atom stereocenters. The summed E-state index contributed by atoms with van der Waals surface area (Å²) in [6.45, 7) is 3.43. The van der Waals surface area contributed by atoms with Gasteiger partial charge in [-0.2, -0.15) is 0 Å². The quantitative estimate of drug-likeness (QED) is 0.740. The Morgan fingerprint density at radius 1 is 1.04 bits per heavy atom. The highest BCUT2D eigenvalue weighted by Gasteiger charge is 2.35. The van der Waals surface area contributed by atoms with Crippen molar-refractivity contribution in [2.45, 2.75) is 18.9 Å². The average Bonchev–Trinajstić information content (AvgIpc) is 3.08. The number of aromatic nitrogens is 2. The van der Waals surface area contributed by atoms with Gasteiger partial charge >= 0.3 is 0 Å². The lowest BCUT2D eigenvalue weighted by Gasteiger charge is -2.44. The molecule has 0 aliphatic carbocycles. The van der Waals surface area contributed by atoms with E-state index in [1.54, 1.807) is 6.26 Å². The third-order valence-electron chi connectivity index (χ3n) is 5.25. The summed E-state index contributed by atoms with van der Waals surface area (Å²) >= 11 is 0. The van der Waals surface area contributed by atoms with Crippen molar-refractivity contribution in [1.82, 2.24) is 15.1 Å². The van der Waals surface area contributed by atoms with Crippen molar-refractivity contribution in [1.29, 1.82) is 0 Å². The first-order valence-corrected chi connectivity index (χ1v) is 8.56. The second-order valence-electron chi connectivity index (χ2n) is 6.70. The number of benzene rings is 1. The minimum Gasteiger partial charge on any atom is -0.472 e. The molecular formula is C19H19N3O2. The fraction of sp³-hybridized carbons (Fsp3) is 0.368. The Morgan fingerprint density at radius 2 is 1.92 bits per heavy atom. The summed E-state index contributed by atoms with van der Waals surface area (Å²) in [6, 6.07) is 11.9. The maximum Gasteiger partial charge on any atom is 0.233 e. The van der Waals surface area contributed by atoms with Gasteiger partial charge in [0.15, 0.2) is 5.76 Å². The number of piperidine rings is 3. The van der Waals surface area contributed by atoms with E-state index in [0.29, 0.717) is 11.8 Å². The van der Waals surface area contributed by atoms with Crippen LogP contribution in [0.1, 0.15) is 12.8 Å². The van der Waals surface area contributed by atoms with Gasteiger partial charge in [-0.15, -0.1) is 10.2 Å². The topological polar surface area (TPSA) is 51.4 Å². The van der Waals surface area contributed by atoms with Crippen LogP contribution in [0.25, 0.3) is 22.2 Å². The predicted molar refractivity (Wildman–Crippen MR) is 90.8 cm³/mol. The molecule has 5 heterocycles. The number of ether oxygens (including phenoxy) is 1. The van der Waals surface area contributed by atoms with Crippen LogP contribution in [0.3, 0.4) is 0 Å². The van der Waals surface area contributed by atoms with Gasteiger partial charge in [0, 0.05) is 23.4 Å². The van der Waals surface area contributed by atoms with E-state index in [9.17, 15) is 0 Å². The molecule has 2 aromatic heterocycles. The van der Waals surface area contributed by atoms with Crippen molar-refractivity contribution in [2.24, 2.45) is 5.92 Å². The van der Waals surface area contributed by atoms with Gasteiger partial charge in [0.2, 0.25) is 5.88 Å². The molecular weight excluding hydrogens is 302 g/mol. The van der Waals surface area contributed by atoms with Crippen LogP contribution in [0.15, 0.2) is 47.1 Å². The van der Waals surface area contributed by atoms with E-state index in [2.05, 4.69) is 15.1 Å². The Morgan fingerprint density at radius 3 is 2.67 bits per heavy atom. The summed E-state index contributed by atoms with van der Waals surface area (Å²) in [5, 5.41) is 10.7. The van der Waals surface area contributed by atoms with E-state index in [0.717, 1.165) is 28.8 Å². The zero-order chi connectivity index (χ0) is 15.9.